The quantitative estimate of drug-likeness (QED) is 0.171. The van der Waals surface area contributed by atoms with Crippen LogP contribution in [0.5, 0.6) is 0 Å². The van der Waals surface area contributed by atoms with Crippen LogP contribution >= 0.6 is 0 Å². The van der Waals surface area contributed by atoms with Crippen LogP contribution in [0.15, 0.2) is 42.0 Å². The Hall–Kier alpha value is -4.07. The number of rotatable bonds is 13. The van der Waals surface area contributed by atoms with Crippen molar-refractivity contribution in [1.29, 1.82) is 0 Å². The summed E-state index contributed by atoms with van der Waals surface area (Å²) < 4.78 is 35.1. The molecule has 0 unspecified atom stereocenters. The van der Waals surface area contributed by atoms with Gasteiger partial charge in [-0.2, -0.15) is 0 Å². The smallest absolute Gasteiger partial charge is 0.348 e. The molecule has 5 atom stereocenters. The van der Waals surface area contributed by atoms with Crippen LogP contribution in [0, 0.1) is 17.3 Å². The van der Waals surface area contributed by atoms with Gasteiger partial charge in [0.25, 0.3) is 0 Å². The van der Waals surface area contributed by atoms with E-state index in [1.54, 1.807) is 65.0 Å². The summed E-state index contributed by atoms with van der Waals surface area (Å²) in [6.45, 7) is 8.62. The molecule has 6 rings (SSSR count). The number of hydrogen-bond donors (Lipinski definition) is 2. The Morgan fingerprint density at radius 2 is 1.77 bits per heavy atom. The van der Waals surface area contributed by atoms with Crippen molar-refractivity contribution < 1.29 is 57.5 Å². The van der Waals surface area contributed by atoms with Crippen molar-refractivity contribution in [2.45, 2.75) is 121 Å². The third kappa shape index (κ3) is 8.75. The van der Waals surface area contributed by atoms with Crippen molar-refractivity contribution in [2.75, 3.05) is 13.2 Å². The highest BCUT2D eigenvalue weighted by Crippen LogP contribution is 2.59. The Bertz CT molecular complexity index is 1620. The third-order valence-corrected chi connectivity index (χ3v) is 9.91. The predicted molar refractivity (Wildman–Crippen MR) is 184 cm³/mol. The standard InChI is InChI=1S/C39H49NO12/c1-37(2,3)51-31(43)16-14-27(20-41)40-34(44)24-18-28(32-29(19-24)50-39(52-32,25-10-11-25)26-12-13-26)48-35(45)23-8-6-7-22(17-23)9-15-30(42)49-33-36(46)47-21-38(33,4)5/h6-9,15,17,19,25-29,32-33,41H,10-14,16,18,20-21H2,1-5H3,(H,40,44)/t27-,28+,29+,32-,33-/m0/s1. The second-order valence-electron chi connectivity index (χ2n) is 16.1. The maximum absolute atomic E-state index is 13.6. The molecule has 0 aromatic heterocycles. The van der Waals surface area contributed by atoms with Gasteiger partial charge in [-0.05, 0) is 82.7 Å². The lowest BCUT2D eigenvalue weighted by Gasteiger charge is -2.31. The molecule has 2 heterocycles. The number of amides is 1. The summed E-state index contributed by atoms with van der Waals surface area (Å²) in [5.41, 5.74) is -0.243. The minimum absolute atomic E-state index is 0.0117. The molecule has 1 aromatic rings. The van der Waals surface area contributed by atoms with Crippen LogP contribution in [0.3, 0.4) is 0 Å². The molecule has 1 aromatic carbocycles. The number of ether oxygens (including phenoxy) is 6. The van der Waals surface area contributed by atoms with E-state index in [1.807, 2.05) is 0 Å². The Kier molecular flexibility index (Phi) is 10.7. The van der Waals surface area contributed by atoms with E-state index in [-0.39, 0.29) is 49.9 Å². The molecule has 2 saturated heterocycles. The first-order chi connectivity index (χ1) is 24.6. The van der Waals surface area contributed by atoms with Crippen molar-refractivity contribution in [2.24, 2.45) is 17.3 Å². The van der Waals surface area contributed by atoms with Crippen LogP contribution in [0.1, 0.15) is 95.5 Å². The zero-order valence-corrected chi connectivity index (χ0v) is 30.4. The normalized spacial score (nSPS) is 26.9. The summed E-state index contributed by atoms with van der Waals surface area (Å²) in [7, 11) is 0. The first kappa shape index (κ1) is 37.7. The van der Waals surface area contributed by atoms with Crippen molar-refractivity contribution in [3.63, 3.8) is 0 Å². The van der Waals surface area contributed by atoms with Gasteiger partial charge in [0, 0.05) is 41.7 Å². The average Bonchev–Trinajstić information content (AvgIpc) is 4.03. The first-order valence-electron chi connectivity index (χ1n) is 18.1. The highest BCUT2D eigenvalue weighted by molar-refractivity contribution is 5.95. The van der Waals surface area contributed by atoms with Gasteiger partial charge < -0.3 is 38.8 Å². The van der Waals surface area contributed by atoms with Gasteiger partial charge in [0.05, 0.1) is 18.2 Å². The Balaban J connectivity index is 1.14. The van der Waals surface area contributed by atoms with Gasteiger partial charge >= 0.3 is 23.9 Å². The summed E-state index contributed by atoms with van der Waals surface area (Å²) in [6, 6.07) is 5.78. The van der Waals surface area contributed by atoms with E-state index in [4.69, 9.17) is 28.4 Å². The molecule has 0 bridgehead atoms. The molecule has 4 fully saturated rings. The number of benzene rings is 1. The van der Waals surface area contributed by atoms with E-state index in [1.165, 1.54) is 12.2 Å². The van der Waals surface area contributed by atoms with Crippen LogP contribution in [-0.4, -0.2) is 90.0 Å². The molecule has 0 radical (unpaired) electrons. The Morgan fingerprint density at radius 3 is 2.38 bits per heavy atom. The molecule has 0 spiro atoms. The fourth-order valence-electron chi connectivity index (χ4n) is 6.97. The van der Waals surface area contributed by atoms with Gasteiger partial charge in [-0.1, -0.05) is 26.0 Å². The van der Waals surface area contributed by atoms with E-state index >= 15 is 0 Å². The third-order valence-electron chi connectivity index (χ3n) is 9.91. The molecule has 3 aliphatic carbocycles. The molecule has 5 aliphatic rings. The fourth-order valence-corrected chi connectivity index (χ4v) is 6.97. The Labute approximate surface area is 303 Å². The van der Waals surface area contributed by atoms with Crippen molar-refractivity contribution >= 4 is 35.9 Å². The average molecular weight is 724 g/mol. The molecule has 2 saturated carbocycles. The molecule has 2 N–H and O–H groups in total. The van der Waals surface area contributed by atoms with Crippen LogP contribution in [0.25, 0.3) is 6.08 Å². The van der Waals surface area contributed by atoms with Crippen LogP contribution < -0.4 is 5.32 Å². The fraction of sp³-hybridized carbons (Fsp3) is 0.615. The molecule has 1 amide bonds. The van der Waals surface area contributed by atoms with Gasteiger partial charge in [0.15, 0.2) is 5.79 Å². The largest absolute Gasteiger partial charge is 0.462 e. The van der Waals surface area contributed by atoms with Crippen molar-refractivity contribution in [1.82, 2.24) is 5.32 Å². The van der Waals surface area contributed by atoms with Gasteiger partial charge in [-0.15, -0.1) is 0 Å². The van der Waals surface area contributed by atoms with Gasteiger partial charge in [-0.3, -0.25) is 9.59 Å². The number of carbonyl (C=O) groups excluding carboxylic acids is 5. The van der Waals surface area contributed by atoms with Crippen LogP contribution in [-0.2, 0) is 47.6 Å². The molecular weight excluding hydrogens is 674 g/mol. The minimum atomic E-state index is -1.02. The molecule has 282 valence electrons. The van der Waals surface area contributed by atoms with E-state index in [0.717, 1.165) is 25.7 Å². The summed E-state index contributed by atoms with van der Waals surface area (Å²) >= 11 is 0. The lowest BCUT2D eigenvalue weighted by Crippen LogP contribution is -2.45. The molecule has 52 heavy (non-hydrogen) atoms. The predicted octanol–water partition coefficient (Wildman–Crippen LogP) is 3.95. The maximum Gasteiger partial charge on any atom is 0.348 e. The summed E-state index contributed by atoms with van der Waals surface area (Å²) in [5.74, 6) is -3.17. The van der Waals surface area contributed by atoms with Gasteiger partial charge in [-0.25, -0.2) is 14.4 Å². The minimum Gasteiger partial charge on any atom is -0.462 e. The SMILES string of the molecule is CC(C)(C)OC(=O)CC[C@@H](CO)NC(=O)C1=C[C@H]2OC(C3CC3)(C3CC3)O[C@H]2[C@H](OC(=O)c2cccc(C=CC(=O)O[C@H]3C(=O)OCC3(C)C)c2)C1. The number of cyclic esters (lactones) is 1. The van der Waals surface area contributed by atoms with E-state index in [0.29, 0.717) is 11.1 Å². The lowest BCUT2D eigenvalue weighted by atomic mass is 9.90. The number of fused-ring (bicyclic) bond motifs is 1. The summed E-state index contributed by atoms with van der Waals surface area (Å²) in [4.78, 5) is 64.1. The second kappa shape index (κ2) is 14.7. The van der Waals surface area contributed by atoms with Crippen LogP contribution in [0.2, 0.25) is 0 Å². The Morgan fingerprint density at radius 1 is 1.06 bits per heavy atom. The molecular formula is C39H49NO12. The summed E-state index contributed by atoms with van der Waals surface area (Å²) in [5, 5.41) is 12.8. The number of esters is 4. The molecule has 13 nitrogen and oxygen atoms in total. The van der Waals surface area contributed by atoms with E-state index < -0.39 is 77.0 Å². The number of hydrogen-bond acceptors (Lipinski definition) is 12. The number of aliphatic hydroxyl groups excluding tert-OH is 1. The maximum atomic E-state index is 13.6. The molecule has 2 aliphatic heterocycles. The highest BCUT2D eigenvalue weighted by Gasteiger charge is 2.64. The van der Waals surface area contributed by atoms with Gasteiger partial charge in [0.2, 0.25) is 12.0 Å². The lowest BCUT2D eigenvalue weighted by molar-refractivity contribution is -0.209. The number of nitrogens with one attached hydrogen (secondary N) is 1. The number of carbonyl (C=O) groups is 5. The van der Waals surface area contributed by atoms with E-state index in [9.17, 15) is 29.1 Å². The second-order valence-corrected chi connectivity index (χ2v) is 16.1. The highest BCUT2D eigenvalue weighted by atomic mass is 16.8. The first-order valence-corrected chi connectivity index (χ1v) is 18.1. The zero-order chi connectivity index (χ0) is 37.4. The number of aliphatic hydroxyl groups is 1. The van der Waals surface area contributed by atoms with E-state index in [2.05, 4.69) is 5.32 Å². The summed E-state index contributed by atoms with van der Waals surface area (Å²) in [6.07, 6.45) is 5.38. The zero-order valence-electron chi connectivity index (χ0n) is 30.4. The molecule has 13 heteroatoms. The van der Waals surface area contributed by atoms with Gasteiger partial charge in [0.1, 0.15) is 30.5 Å². The van der Waals surface area contributed by atoms with Crippen molar-refractivity contribution in [3.8, 4) is 0 Å². The van der Waals surface area contributed by atoms with Crippen LogP contribution in [0.4, 0.5) is 0 Å². The van der Waals surface area contributed by atoms with Crippen molar-refractivity contribution in [3.05, 3.63) is 53.1 Å². The monoisotopic (exact) mass is 723 g/mol. The topological polar surface area (TPSA) is 173 Å².